The van der Waals surface area contributed by atoms with E-state index in [0.29, 0.717) is 18.9 Å². The van der Waals surface area contributed by atoms with Crippen molar-refractivity contribution in [1.29, 1.82) is 0 Å². The van der Waals surface area contributed by atoms with Crippen molar-refractivity contribution in [2.24, 2.45) is 0 Å². The monoisotopic (exact) mass is 350 g/mol. The van der Waals surface area contributed by atoms with Gasteiger partial charge >= 0.3 is 0 Å². The number of rotatable bonds is 5. The molecule has 0 saturated carbocycles. The molecule has 1 aromatic carbocycles. The number of fused-ring (bicyclic) bond motifs is 1. The Morgan fingerprint density at radius 3 is 2.58 bits per heavy atom. The third-order valence-electron chi connectivity index (χ3n) is 5.24. The average Bonchev–Trinajstić information content (AvgIpc) is 3.07. The molecule has 1 aliphatic carbocycles. The molecule has 0 atom stereocenters. The van der Waals surface area contributed by atoms with E-state index in [9.17, 15) is 9.59 Å². The van der Waals surface area contributed by atoms with Crippen LogP contribution in [-0.4, -0.2) is 42.8 Å². The number of piperidine rings is 1. The lowest BCUT2D eigenvalue weighted by Crippen LogP contribution is -2.44. The molecular weight excluding hydrogens is 324 g/mol. The number of ketones is 1. The van der Waals surface area contributed by atoms with Crippen molar-refractivity contribution in [2.45, 2.75) is 51.0 Å². The van der Waals surface area contributed by atoms with Gasteiger partial charge in [-0.3, -0.25) is 9.59 Å². The number of nitrogens with zero attached hydrogens (tertiary/aromatic N) is 1. The second-order valence-corrected chi connectivity index (χ2v) is 6.75. The molecule has 132 valence electrons. The number of amides is 1. The highest BCUT2D eigenvalue weighted by Crippen LogP contribution is 2.23. The van der Waals surface area contributed by atoms with E-state index in [1.807, 2.05) is 24.1 Å². The number of hydrogen-bond acceptors (Lipinski definition) is 3. The summed E-state index contributed by atoms with van der Waals surface area (Å²) in [6.07, 6.45) is 6.02. The van der Waals surface area contributed by atoms with E-state index in [-0.39, 0.29) is 24.1 Å². The first-order chi connectivity index (χ1) is 11.1. The second-order valence-electron chi connectivity index (χ2n) is 6.75. The highest BCUT2D eigenvalue weighted by molar-refractivity contribution is 5.98. The van der Waals surface area contributed by atoms with Gasteiger partial charge < -0.3 is 10.2 Å². The van der Waals surface area contributed by atoms with Gasteiger partial charge in [0.05, 0.1) is 0 Å². The summed E-state index contributed by atoms with van der Waals surface area (Å²) in [6.45, 7) is 1.94. The highest BCUT2D eigenvalue weighted by atomic mass is 35.5. The van der Waals surface area contributed by atoms with Gasteiger partial charge in [-0.2, -0.15) is 0 Å². The number of aryl methyl sites for hydroxylation is 2. The number of nitrogens with one attached hydrogen (secondary N) is 1. The predicted octanol–water partition coefficient (Wildman–Crippen LogP) is 2.77. The minimum Gasteiger partial charge on any atom is -0.343 e. The van der Waals surface area contributed by atoms with Crippen LogP contribution in [0.1, 0.15) is 53.6 Å². The molecule has 1 fully saturated rings. The zero-order valence-corrected chi connectivity index (χ0v) is 15.2. The van der Waals surface area contributed by atoms with Crippen molar-refractivity contribution in [1.82, 2.24) is 10.2 Å². The van der Waals surface area contributed by atoms with Crippen molar-refractivity contribution >= 4 is 24.1 Å². The predicted molar refractivity (Wildman–Crippen MR) is 97.9 cm³/mol. The number of benzene rings is 1. The van der Waals surface area contributed by atoms with Gasteiger partial charge in [0.2, 0.25) is 5.91 Å². The maximum absolute atomic E-state index is 12.4. The summed E-state index contributed by atoms with van der Waals surface area (Å²) in [5.74, 6) is 0.179. The zero-order chi connectivity index (χ0) is 16.2. The lowest BCUT2D eigenvalue weighted by molar-refractivity contribution is -0.132. The van der Waals surface area contributed by atoms with Gasteiger partial charge in [0.1, 0.15) is 0 Å². The summed E-state index contributed by atoms with van der Waals surface area (Å²) in [7, 11) is 1.87. The van der Waals surface area contributed by atoms with Crippen molar-refractivity contribution in [2.75, 3.05) is 20.1 Å². The summed E-state index contributed by atoms with van der Waals surface area (Å²) in [5.41, 5.74) is 3.46. The van der Waals surface area contributed by atoms with E-state index in [1.165, 1.54) is 17.5 Å². The van der Waals surface area contributed by atoms with Crippen molar-refractivity contribution in [3.05, 3.63) is 34.9 Å². The fraction of sp³-hybridized carbons (Fsp3) is 0.579. The Labute approximate surface area is 150 Å². The molecule has 1 amide bonds. The first kappa shape index (κ1) is 18.9. The Morgan fingerprint density at radius 2 is 1.83 bits per heavy atom. The number of hydrogen-bond donors (Lipinski definition) is 1. The molecule has 3 rings (SSSR count). The average molecular weight is 351 g/mol. The number of carbonyl (C=O) groups excluding carboxylic acids is 2. The van der Waals surface area contributed by atoms with E-state index < -0.39 is 0 Å². The lowest BCUT2D eigenvalue weighted by Gasteiger charge is -2.31. The topological polar surface area (TPSA) is 49.4 Å². The quantitative estimate of drug-likeness (QED) is 0.831. The molecule has 0 aromatic heterocycles. The highest BCUT2D eigenvalue weighted by Gasteiger charge is 2.22. The third-order valence-corrected chi connectivity index (χ3v) is 5.24. The van der Waals surface area contributed by atoms with Gasteiger partial charge in [-0.1, -0.05) is 12.1 Å². The molecule has 4 nitrogen and oxygen atoms in total. The molecule has 5 heteroatoms. The maximum atomic E-state index is 12.4. The first-order valence-electron chi connectivity index (χ1n) is 8.76. The second kappa shape index (κ2) is 8.63. The van der Waals surface area contributed by atoms with Crippen molar-refractivity contribution in [3.8, 4) is 0 Å². The fourth-order valence-corrected chi connectivity index (χ4v) is 3.68. The third kappa shape index (κ3) is 4.37. The first-order valence-corrected chi connectivity index (χ1v) is 8.76. The molecule has 0 bridgehead atoms. The van der Waals surface area contributed by atoms with Crippen LogP contribution in [0.3, 0.4) is 0 Å². The normalized spacial score (nSPS) is 17.0. The van der Waals surface area contributed by atoms with E-state index in [0.717, 1.165) is 44.3 Å². The molecule has 1 aliphatic heterocycles. The molecule has 24 heavy (non-hydrogen) atoms. The molecule has 0 spiro atoms. The van der Waals surface area contributed by atoms with Crippen LogP contribution in [-0.2, 0) is 17.6 Å². The van der Waals surface area contributed by atoms with E-state index in [1.54, 1.807) is 0 Å². The van der Waals surface area contributed by atoms with E-state index in [2.05, 4.69) is 11.4 Å². The number of Topliss-reactive ketones (excluding diaryl/α,β-unsaturated/α-hetero) is 1. The molecule has 0 unspecified atom stereocenters. The van der Waals surface area contributed by atoms with Crippen LogP contribution in [0.4, 0.5) is 0 Å². The summed E-state index contributed by atoms with van der Waals surface area (Å²) < 4.78 is 0. The molecule has 1 saturated heterocycles. The Hall–Kier alpha value is -1.39. The summed E-state index contributed by atoms with van der Waals surface area (Å²) in [4.78, 5) is 26.5. The molecule has 1 N–H and O–H groups in total. The fourth-order valence-electron chi connectivity index (χ4n) is 3.68. The maximum Gasteiger partial charge on any atom is 0.223 e. The van der Waals surface area contributed by atoms with Gasteiger partial charge in [-0.15, -0.1) is 12.4 Å². The van der Waals surface area contributed by atoms with Crippen LogP contribution < -0.4 is 5.32 Å². The van der Waals surface area contributed by atoms with Crippen LogP contribution in [0.25, 0.3) is 0 Å². The molecular formula is C19H27ClN2O2. The molecule has 2 aliphatic rings. The van der Waals surface area contributed by atoms with Gasteiger partial charge in [0, 0.05) is 31.5 Å². The Kier molecular flexibility index (Phi) is 6.81. The standard InChI is InChI=1S/C19H26N2O2.ClH/c1-21(17-9-11-20-12-10-17)19(23)8-7-18(22)16-6-5-14-3-2-4-15(14)13-16;/h5-6,13,17,20H,2-4,7-12H2,1H3;1H. The molecule has 1 heterocycles. The molecule has 1 aromatic rings. The van der Waals surface area contributed by atoms with Gasteiger partial charge in [0.15, 0.2) is 5.78 Å². The van der Waals surface area contributed by atoms with Gasteiger partial charge in [-0.05, 0) is 62.4 Å². The number of carbonyl (C=O) groups is 2. The Bertz CT molecular complexity index is 597. The number of halogens is 1. The van der Waals surface area contributed by atoms with Gasteiger partial charge in [-0.25, -0.2) is 0 Å². The SMILES string of the molecule is CN(C(=O)CCC(=O)c1ccc2c(c1)CCC2)C1CCNCC1.Cl. The summed E-state index contributed by atoms with van der Waals surface area (Å²) in [5, 5.41) is 3.31. The Morgan fingerprint density at radius 1 is 1.12 bits per heavy atom. The minimum absolute atomic E-state index is 0. The van der Waals surface area contributed by atoms with E-state index >= 15 is 0 Å². The van der Waals surface area contributed by atoms with Crippen LogP contribution in [0.2, 0.25) is 0 Å². The largest absolute Gasteiger partial charge is 0.343 e. The van der Waals surface area contributed by atoms with Crippen LogP contribution in [0, 0.1) is 0 Å². The zero-order valence-electron chi connectivity index (χ0n) is 14.3. The molecule has 0 radical (unpaired) electrons. The van der Waals surface area contributed by atoms with E-state index in [4.69, 9.17) is 0 Å². The van der Waals surface area contributed by atoms with Crippen LogP contribution >= 0.6 is 12.4 Å². The van der Waals surface area contributed by atoms with Crippen molar-refractivity contribution < 1.29 is 9.59 Å². The van der Waals surface area contributed by atoms with Gasteiger partial charge in [0.25, 0.3) is 0 Å². The van der Waals surface area contributed by atoms with Crippen LogP contribution in [0.15, 0.2) is 18.2 Å². The lowest BCUT2D eigenvalue weighted by atomic mass is 10.0. The van der Waals surface area contributed by atoms with Crippen LogP contribution in [0.5, 0.6) is 0 Å². The van der Waals surface area contributed by atoms with Crippen molar-refractivity contribution in [3.63, 3.8) is 0 Å². The minimum atomic E-state index is 0. The summed E-state index contributed by atoms with van der Waals surface area (Å²) in [6, 6.07) is 6.36. The Balaban J connectivity index is 0.00000208. The summed E-state index contributed by atoms with van der Waals surface area (Å²) >= 11 is 0. The smallest absolute Gasteiger partial charge is 0.223 e.